The zero-order valence-electron chi connectivity index (χ0n) is 11.7. The van der Waals surface area contributed by atoms with E-state index < -0.39 is 0 Å². The summed E-state index contributed by atoms with van der Waals surface area (Å²) in [6, 6.07) is 6.06. The summed E-state index contributed by atoms with van der Waals surface area (Å²) in [5.74, 6) is 0.846. The van der Waals surface area contributed by atoms with E-state index in [0.29, 0.717) is 6.04 Å². The second-order valence-corrected chi connectivity index (χ2v) is 5.72. The number of nitro benzene ring substituents is 1. The van der Waals surface area contributed by atoms with Crippen LogP contribution in [0, 0.1) is 23.0 Å². The molecule has 0 saturated heterocycles. The van der Waals surface area contributed by atoms with Crippen LogP contribution in [0.1, 0.15) is 43.7 Å². The van der Waals surface area contributed by atoms with E-state index in [1.54, 1.807) is 13.0 Å². The van der Waals surface area contributed by atoms with Gasteiger partial charge in [-0.25, -0.2) is 0 Å². The summed E-state index contributed by atoms with van der Waals surface area (Å²) in [6.45, 7) is 4.80. The first-order chi connectivity index (χ1) is 9.06. The quantitative estimate of drug-likeness (QED) is 0.666. The minimum atomic E-state index is -0.304. The van der Waals surface area contributed by atoms with Crippen LogP contribution in [0.15, 0.2) is 18.2 Å². The smallest absolute Gasteiger partial charge is 0.272 e. The van der Waals surface area contributed by atoms with Crippen molar-refractivity contribution >= 4 is 5.69 Å². The van der Waals surface area contributed by atoms with Crippen molar-refractivity contribution in [3.05, 3.63) is 39.4 Å². The molecular weight excluding hydrogens is 240 g/mol. The average molecular weight is 262 g/mol. The van der Waals surface area contributed by atoms with Crippen molar-refractivity contribution in [2.45, 2.75) is 52.1 Å². The van der Waals surface area contributed by atoms with E-state index in [1.165, 1.54) is 25.7 Å². The van der Waals surface area contributed by atoms with Crippen LogP contribution in [-0.4, -0.2) is 11.0 Å². The average Bonchev–Trinajstić information content (AvgIpc) is 2.39. The van der Waals surface area contributed by atoms with Crippen molar-refractivity contribution in [1.82, 2.24) is 5.32 Å². The zero-order chi connectivity index (χ0) is 13.8. The van der Waals surface area contributed by atoms with E-state index >= 15 is 0 Å². The van der Waals surface area contributed by atoms with Crippen molar-refractivity contribution in [2.75, 3.05) is 0 Å². The van der Waals surface area contributed by atoms with Crippen molar-refractivity contribution < 1.29 is 4.92 Å². The highest BCUT2D eigenvalue weighted by Gasteiger charge is 2.18. The number of hydrogen-bond acceptors (Lipinski definition) is 3. The molecule has 104 valence electrons. The number of nitrogens with zero attached hydrogens (tertiary/aromatic N) is 1. The highest BCUT2D eigenvalue weighted by Crippen LogP contribution is 2.24. The molecule has 0 atom stereocenters. The number of nitrogens with one attached hydrogen (secondary N) is 1. The molecule has 0 amide bonds. The van der Waals surface area contributed by atoms with Crippen LogP contribution in [0.2, 0.25) is 0 Å². The van der Waals surface area contributed by atoms with Gasteiger partial charge in [0.25, 0.3) is 5.69 Å². The van der Waals surface area contributed by atoms with Gasteiger partial charge in [-0.15, -0.1) is 0 Å². The standard InChI is InChI=1S/C15H22N2O2/c1-11-3-7-14(8-4-11)16-10-13-6-5-12(2)15(9-13)17(18)19/h5-6,9,11,14,16H,3-4,7-8,10H2,1-2H3. The Hall–Kier alpha value is -1.42. The van der Waals surface area contributed by atoms with E-state index in [1.807, 2.05) is 12.1 Å². The van der Waals surface area contributed by atoms with E-state index in [4.69, 9.17) is 0 Å². The van der Waals surface area contributed by atoms with Crippen LogP contribution in [-0.2, 0) is 6.54 Å². The molecule has 0 radical (unpaired) electrons. The number of hydrogen-bond donors (Lipinski definition) is 1. The van der Waals surface area contributed by atoms with Crippen molar-refractivity contribution in [3.63, 3.8) is 0 Å². The summed E-state index contributed by atoms with van der Waals surface area (Å²) >= 11 is 0. The minimum absolute atomic E-state index is 0.219. The molecule has 0 heterocycles. The summed E-state index contributed by atoms with van der Waals surface area (Å²) in [6.07, 6.45) is 5.00. The molecule has 0 aromatic heterocycles. The van der Waals surface area contributed by atoms with Gasteiger partial charge in [-0.3, -0.25) is 10.1 Å². The molecule has 2 rings (SSSR count). The van der Waals surface area contributed by atoms with Crippen molar-refractivity contribution in [2.24, 2.45) is 5.92 Å². The Kier molecular flexibility index (Phi) is 4.53. The van der Waals surface area contributed by atoms with Gasteiger partial charge in [0.2, 0.25) is 0 Å². The Balaban J connectivity index is 1.92. The molecule has 4 nitrogen and oxygen atoms in total. The topological polar surface area (TPSA) is 55.2 Å². The fraction of sp³-hybridized carbons (Fsp3) is 0.600. The first-order valence-electron chi connectivity index (χ1n) is 7.03. The van der Waals surface area contributed by atoms with Crippen LogP contribution in [0.4, 0.5) is 5.69 Å². The lowest BCUT2D eigenvalue weighted by atomic mass is 9.87. The molecular formula is C15H22N2O2. The maximum atomic E-state index is 10.9. The number of rotatable bonds is 4. The summed E-state index contributed by atoms with van der Waals surface area (Å²) in [4.78, 5) is 10.6. The molecule has 0 aliphatic heterocycles. The van der Waals surface area contributed by atoms with E-state index in [2.05, 4.69) is 12.2 Å². The predicted octanol–water partition coefficient (Wildman–Crippen LogP) is 3.57. The second-order valence-electron chi connectivity index (χ2n) is 5.72. The maximum absolute atomic E-state index is 10.9. The molecule has 1 fully saturated rings. The van der Waals surface area contributed by atoms with Gasteiger partial charge in [-0.1, -0.05) is 19.1 Å². The van der Waals surface area contributed by atoms with Crippen LogP contribution in [0.25, 0.3) is 0 Å². The Morgan fingerprint density at radius 2 is 2.00 bits per heavy atom. The van der Waals surface area contributed by atoms with E-state index in [0.717, 1.165) is 23.6 Å². The Morgan fingerprint density at radius 1 is 1.32 bits per heavy atom. The molecule has 0 unspecified atom stereocenters. The predicted molar refractivity (Wildman–Crippen MR) is 76.1 cm³/mol. The highest BCUT2D eigenvalue weighted by molar-refractivity contribution is 5.42. The Bertz CT molecular complexity index is 451. The van der Waals surface area contributed by atoms with Gasteiger partial charge >= 0.3 is 0 Å². The van der Waals surface area contributed by atoms with Gasteiger partial charge in [-0.05, 0) is 44.1 Å². The molecule has 1 saturated carbocycles. The summed E-state index contributed by atoms with van der Waals surface area (Å²) in [5, 5.41) is 14.4. The molecule has 0 bridgehead atoms. The lowest BCUT2D eigenvalue weighted by Gasteiger charge is -2.27. The minimum Gasteiger partial charge on any atom is -0.310 e. The molecule has 1 aromatic rings. The van der Waals surface area contributed by atoms with Crippen molar-refractivity contribution in [3.8, 4) is 0 Å². The van der Waals surface area contributed by atoms with E-state index in [9.17, 15) is 10.1 Å². The van der Waals surface area contributed by atoms with Gasteiger partial charge in [-0.2, -0.15) is 0 Å². The first kappa shape index (κ1) is 14.0. The molecule has 1 aromatic carbocycles. The largest absolute Gasteiger partial charge is 0.310 e. The molecule has 1 aliphatic carbocycles. The zero-order valence-corrected chi connectivity index (χ0v) is 11.7. The second kappa shape index (κ2) is 6.15. The van der Waals surface area contributed by atoms with Crippen molar-refractivity contribution in [1.29, 1.82) is 0 Å². The molecule has 1 N–H and O–H groups in total. The summed E-state index contributed by atoms with van der Waals surface area (Å²) < 4.78 is 0. The first-order valence-corrected chi connectivity index (χ1v) is 7.03. The van der Waals surface area contributed by atoms with Gasteiger partial charge in [0.15, 0.2) is 0 Å². The monoisotopic (exact) mass is 262 g/mol. The highest BCUT2D eigenvalue weighted by atomic mass is 16.6. The Labute approximate surface area is 114 Å². The van der Waals surface area contributed by atoms with E-state index in [-0.39, 0.29) is 10.6 Å². The fourth-order valence-corrected chi connectivity index (χ4v) is 2.69. The van der Waals surface area contributed by atoms with Gasteiger partial charge in [0.1, 0.15) is 0 Å². The number of nitro groups is 1. The Morgan fingerprint density at radius 3 is 2.63 bits per heavy atom. The SMILES string of the molecule is Cc1ccc(CNC2CCC(C)CC2)cc1[N+](=O)[O-]. The lowest BCUT2D eigenvalue weighted by molar-refractivity contribution is -0.385. The third kappa shape index (κ3) is 3.77. The number of benzene rings is 1. The normalized spacial score (nSPS) is 23.3. The van der Waals surface area contributed by atoms with Crippen LogP contribution in [0.3, 0.4) is 0 Å². The van der Waals surface area contributed by atoms with Gasteiger partial charge in [0, 0.05) is 24.2 Å². The van der Waals surface area contributed by atoms with Gasteiger partial charge in [0.05, 0.1) is 4.92 Å². The molecule has 4 heteroatoms. The summed E-state index contributed by atoms with van der Waals surface area (Å²) in [5.41, 5.74) is 1.94. The van der Waals surface area contributed by atoms with Gasteiger partial charge < -0.3 is 5.32 Å². The molecule has 0 spiro atoms. The molecule has 1 aliphatic rings. The van der Waals surface area contributed by atoms with Crippen LogP contribution in [0.5, 0.6) is 0 Å². The molecule has 19 heavy (non-hydrogen) atoms. The van der Waals surface area contributed by atoms with Crippen LogP contribution >= 0.6 is 0 Å². The summed E-state index contributed by atoms with van der Waals surface area (Å²) in [7, 11) is 0. The van der Waals surface area contributed by atoms with Crippen LogP contribution < -0.4 is 5.32 Å². The third-order valence-electron chi connectivity index (χ3n) is 4.08. The third-order valence-corrected chi connectivity index (χ3v) is 4.08. The number of aryl methyl sites for hydroxylation is 1. The maximum Gasteiger partial charge on any atom is 0.272 e. The fourth-order valence-electron chi connectivity index (χ4n) is 2.69. The lowest BCUT2D eigenvalue weighted by Crippen LogP contribution is -2.32.